The molecule has 3 rings (SSSR count). The molecule has 0 aliphatic heterocycles. The van der Waals surface area contributed by atoms with Gasteiger partial charge in [-0.15, -0.1) is 0 Å². The maximum atomic E-state index is 14.3. The highest BCUT2D eigenvalue weighted by molar-refractivity contribution is 6.05. The lowest BCUT2D eigenvalue weighted by molar-refractivity contribution is -0.122. The molecule has 0 aliphatic carbocycles. The third kappa shape index (κ3) is 5.41. The monoisotopic (exact) mass is 410 g/mol. The molecule has 0 atom stereocenters. The SMILES string of the molecule is CCNC(=O)COc1cccc(NC(=O)c2cc(-c3cccc(F)c3)ccc2F)c1. The standard InChI is InChI=1S/C23H20F2N2O3/c1-2-26-22(28)14-30-19-8-4-7-18(13-19)27-23(29)20-12-16(9-10-21(20)25)15-5-3-6-17(24)11-15/h3-13H,2,14H2,1H3,(H,26,28)(H,27,29). The minimum atomic E-state index is -0.698. The van der Waals surface area contributed by atoms with Gasteiger partial charge >= 0.3 is 0 Å². The van der Waals surface area contributed by atoms with E-state index in [1.807, 2.05) is 0 Å². The molecule has 3 aromatic carbocycles. The van der Waals surface area contributed by atoms with Gasteiger partial charge in [-0.2, -0.15) is 0 Å². The molecule has 0 fully saturated rings. The number of halogens is 2. The van der Waals surface area contributed by atoms with Crippen LogP contribution in [0.3, 0.4) is 0 Å². The van der Waals surface area contributed by atoms with E-state index in [1.165, 1.54) is 36.4 Å². The van der Waals surface area contributed by atoms with Gasteiger partial charge in [0, 0.05) is 18.3 Å². The summed E-state index contributed by atoms with van der Waals surface area (Å²) in [7, 11) is 0. The highest BCUT2D eigenvalue weighted by atomic mass is 19.1. The lowest BCUT2D eigenvalue weighted by atomic mass is 10.0. The Bertz CT molecular complexity index is 1070. The predicted octanol–water partition coefficient (Wildman–Crippen LogP) is 4.40. The van der Waals surface area contributed by atoms with Gasteiger partial charge in [-0.3, -0.25) is 9.59 Å². The second-order valence-corrected chi connectivity index (χ2v) is 6.43. The molecule has 0 aromatic heterocycles. The number of amides is 2. The zero-order valence-corrected chi connectivity index (χ0v) is 16.2. The summed E-state index contributed by atoms with van der Waals surface area (Å²) in [6.07, 6.45) is 0. The first-order valence-electron chi connectivity index (χ1n) is 9.32. The molecule has 30 heavy (non-hydrogen) atoms. The number of rotatable bonds is 7. The van der Waals surface area contributed by atoms with E-state index < -0.39 is 17.5 Å². The van der Waals surface area contributed by atoms with Gasteiger partial charge in [-0.25, -0.2) is 8.78 Å². The number of benzene rings is 3. The van der Waals surface area contributed by atoms with Crippen molar-refractivity contribution in [3.05, 3.63) is 83.9 Å². The van der Waals surface area contributed by atoms with Crippen LogP contribution in [0.25, 0.3) is 11.1 Å². The zero-order valence-electron chi connectivity index (χ0n) is 16.2. The molecular weight excluding hydrogens is 390 g/mol. The van der Waals surface area contributed by atoms with Crippen LogP contribution in [0.1, 0.15) is 17.3 Å². The van der Waals surface area contributed by atoms with Crippen LogP contribution < -0.4 is 15.4 Å². The van der Waals surface area contributed by atoms with Crippen molar-refractivity contribution < 1.29 is 23.1 Å². The van der Waals surface area contributed by atoms with Crippen molar-refractivity contribution in [2.45, 2.75) is 6.92 Å². The van der Waals surface area contributed by atoms with Gasteiger partial charge in [0.2, 0.25) is 0 Å². The maximum absolute atomic E-state index is 14.3. The molecule has 2 amide bonds. The molecule has 0 spiro atoms. The van der Waals surface area contributed by atoms with E-state index in [1.54, 1.807) is 37.3 Å². The molecule has 2 N–H and O–H groups in total. The topological polar surface area (TPSA) is 67.4 Å². The van der Waals surface area contributed by atoms with Gasteiger partial charge in [-0.05, 0) is 54.4 Å². The van der Waals surface area contributed by atoms with Crippen molar-refractivity contribution in [1.29, 1.82) is 0 Å². The Balaban J connectivity index is 1.75. The van der Waals surface area contributed by atoms with Crippen LogP contribution in [0.15, 0.2) is 66.7 Å². The van der Waals surface area contributed by atoms with Crippen molar-refractivity contribution in [2.24, 2.45) is 0 Å². The van der Waals surface area contributed by atoms with Gasteiger partial charge in [0.15, 0.2) is 6.61 Å². The number of carbonyl (C=O) groups excluding carboxylic acids is 2. The molecule has 7 heteroatoms. The van der Waals surface area contributed by atoms with Crippen LogP contribution in [0.5, 0.6) is 5.75 Å². The second kappa shape index (κ2) is 9.65. The summed E-state index contributed by atoms with van der Waals surface area (Å²) in [6, 6.07) is 16.3. The molecule has 3 aromatic rings. The van der Waals surface area contributed by atoms with Crippen molar-refractivity contribution in [1.82, 2.24) is 5.32 Å². The molecule has 0 bridgehead atoms. The van der Waals surface area contributed by atoms with Crippen molar-refractivity contribution in [3.63, 3.8) is 0 Å². The molecule has 154 valence electrons. The van der Waals surface area contributed by atoms with Crippen molar-refractivity contribution in [3.8, 4) is 16.9 Å². The van der Waals surface area contributed by atoms with Gasteiger partial charge in [0.05, 0.1) is 5.56 Å². The Morgan fingerprint density at radius 1 is 0.933 bits per heavy atom. The second-order valence-electron chi connectivity index (χ2n) is 6.43. The fourth-order valence-corrected chi connectivity index (χ4v) is 2.81. The first-order chi connectivity index (χ1) is 14.5. The van der Waals surface area contributed by atoms with Crippen LogP contribution in [0.4, 0.5) is 14.5 Å². The number of ether oxygens (including phenoxy) is 1. The number of carbonyl (C=O) groups is 2. The van der Waals surface area contributed by atoms with Crippen LogP contribution in [-0.4, -0.2) is 25.0 Å². The van der Waals surface area contributed by atoms with Crippen LogP contribution in [0.2, 0.25) is 0 Å². The van der Waals surface area contributed by atoms with Gasteiger partial charge in [0.1, 0.15) is 17.4 Å². The van der Waals surface area contributed by atoms with E-state index in [0.29, 0.717) is 29.1 Å². The van der Waals surface area contributed by atoms with E-state index in [0.717, 1.165) is 0 Å². The Kier molecular flexibility index (Phi) is 6.75. The lowest BCUT2D eigenvalue weighted by Crippen LogP contribution is -2.28. The molecular formula is C23H20F2N2O3. The first kappa shape index (κ1) is 21.0. The summed E-state index contributed by atoms with van der Waals surface area (Å²) < 4.78 is 33.1. The predicted molar refractivity (Wildman–Crippen MR) is 110 cm³/mol. The van der Waals surface area contributed by atoms with Crippen LogP contribution >= 0.6 is 0 Å². The number of anilines is 1. The van der Waals surface area contributed by atoms with Crippen molar-refractivity contribution >= 4 is 17.5 Å². The Morgan fingerprint density at radius 3 is 2.47 bits per heavy atom. The number of nitrogens with one attached hydrogen (secondary N) is 2. The summed E-state index contributed by atoms with van der Waals surface area (Å²) >= 11 is 0. The Hall–Kier alpha value is -3.74. The fraction of sp³-hybridized carbons (Fsp3) is 0.130. The molecule has 0 saturated carbocycles. The third-order valence-electron chi connectivity index (χ3n) is 4.20. The quantitative estimate of drug-likeness (QED) is 0.607. The smallest absolute Gasteiger partial charge is 0.258 e. The highest BCUT2D eigenvalue weighted by Crippen LogP contribution is 2.24. The van der Waals surface area contributed by atoms with E-state index in [-0.39, 0.29) is 18.1 Å². The summed E-state index contributed by atoms with van der Waals surface area (Å²) in [5, 5.41) is 5.22. The van der Waals surface area contributed by atoms with Gasteiger partial charge in [0.25, 0.3) is 11.8 Å². The zero-order chi connectivity index (χ0) is 21.5. The van der Waals surface area contributed by atoms with E-state index in [2.05, 4.69) is 10.6 Å². The minimum absolute atomic E-state index is 0.157. The van der Waals surface area contributed by atoms with Crippen molar-refractivity contribution in [2.75, 3.05) is 18.5 Å². The molecule has 5 nitrogen and oxygen atoms in total. The average Bonchev–Trinajstić information content (AvgIpc) is 2.73. The third-order valence-corrected chi connectivity index (χ3v) is 4.20. The fourth-order valence-electron chi connectivity index (χ4n) is 2.81. The van der Waals surface area contributed by atoms with E-state index in [4.69, 9.17) is 4.74 Å². The Morgan fingerprint density at radius 2 is 1.70 bits per heavy atom. The number of hydrogen-bond donors (Lipinski definition) is 2. The number of likely N-dealkylation sites (N-methyl/N-ethyl adjacent to an activating group) is 1. The lowest BCUT2D eigenvalue weighted by Gasteiger charge is -2.11. The maximum Gasteiger partial charge on any atom is 0.258 e. The minimum Gasteiger partial charge on any atom is -0.484 e. The number of hydrogen-bond acceptors (Lipinski definition) is 3. The van der Waals surface area contributed by atoms with E-state index in [9.17, 15) is 18.4 Å². The molecule has 0 unspecified atom stereocenters. The summed E-state index contributed by atoms with van der Waals surface area (Å²) in [4.78, 5) is 24.1. The summed E-state index contributed by atoms with van der Waals surface area (Å²) in [6.45, 7) is 2.14. The first-order valence-corrected chi connectivity index (χ1v) is 9.32. The molecule has 0 radical (unpaired) electrons. The van der Waals surface area contributed by atoms with Crippen LogP contribution in [0, 0.1) is 11.6 Å². The average molecular weight is 410 g/mol. The highest BCUT2D eigenvalue weighted by Gasteiger charge is 2.14. The summed E-state index contributed by atoms with van der Waals surface area (Å²) in [5.41, 5.74) is 1.25. The van der Waals surface area contributed by atoms with Gasteiger partial charge < -0.3 is 15.4 Å². The molecule has 0 saturated heterocycles. The summed E-state index contributed by atoms with van der Waals surface area (Å²) in [5.74, 6) is -1.66. The van der Waals surface area contributed by atoms with Gasteiger partial charge in [-0.1, -0.05) is 24.3 Å². The largest absolute Gasteiger partial charge is 0.484 e. The van der Waals surface area contributed by atoms with Crippen LogP contribution in [-0.2, 0) is 4.79 Å². The normalized spacial score (nSPS) is 10.4. The molecule has 0 heterocycles. The van der Waals surface area contributed by atoms with E-state index >= 15 is 0 Å². The Labute approximate surface area is 172 Å². The molecule has 0 aliphatic rings.